The van der Waals surface area contributed by atoms with E-state index in [0.717, 1.165) is 44.6 Å². The van der Waals surface area contributed by atoms with Gasteiger partial charge in [0.25, 0.3) is 0 Å². The number of phenols is 1. The summed E-state index contributed by atoms with van der Waals surface area (Å²) in [6.45, 7) is 25.5. The van der Waals surface area contributed by atoms with Gasteiger partial charge in [0.15, 0.2) is 0 Å². The van der Waals surface area contributed by atoms with Crippen LogP contribution < -0.4 is 0 Å². The van der Waals surface area contributed by atoms with Gasteiger partial charge >= 0.3 is 0 Å². The van der Waals surface area contributed by atoms with E-state index in [1.807, 2.05) is 48.5 Å². The molecule has 0 aliphatic carbocycles. The summed E-state index contributed by atoms with van der Waals surface area (Å²) in [5.74, 6) is 0.683. The predicted octanol–water partition coefficient (Wildman–Crippen LogP) is 15.4. The van der Waals surface area contributed by atoms with E-state index in [2.05, 4.69) is 141 Å². The maximum Gasteiger partial charge on any atom is 0.148 e. The predicted molar refractivity (Wildman–Crippen MR) is 261 cm³/mol. The Morgan fingerprint density at radius 3 is 1.86 bits per heavy atom. The quantitative estimate of drug-likeness (QED) is 0.169. The van der Waals surface area contributed by atoms with Crippen molar-refractivity contribution in [3.8, 4) is 67.5 Å². The zero-order valence-corrected chi connectivity index (χ0v) is 40.5. The molecule has 0 fully saturated rings. The van der Waals surface area contributed by atoms with Crippen molar-refractivity contribution >= 4 is 11.0 Å². The Balaban J connectivity index is 0.00000741. The third-order valence-corrected chi connectivity index (χ3v) is 11.5. The number of fused-ring (bicyclic) bond motifs is 1. The maximum atomic E-state index is 12.5. The number of imidazole rings is 1. The van der Waals surface area contributed by atoms with Gasteiger partial charge in [-0.15, -0.1) is 29.3 Å². The van der Waals surface area contributed by atoms with E-state index in [4.69, 9.17) is 14.6 Å². The molecule has 8 rings (SSSR count). The number of phenolic OH excluding ortho intramolecular Hbond substituents is 1. The molecule has 0 amide bonds. The smallest absolute Gasteiger partial charge is 0.148 e. The van der Waals surface area contributed by atoms with Gasteiger partial charge in [-0.2, -0.15) is 0 Å². The molecular weight excluding hydrogens is 950 g/mol. The van der Waals surface area contributed by atoms with Crippen molar-refractivity contribution in [1.29, 1.82) is 0 Å². The second-order valence-electron chi connectivity index (χ2n) is 20.4. The zero-order chi connectivity index (χ0) is 51.3. The van der Waals surface area contributed by atoms with Gasteiger partial charge < -0.3 is 5.11 Å². The van der Waals surface area contributed by atoms with Crippen LogP contribution in [0.5, 0.6) is 5.75 Å². The molecule has 324 valence electrons. The van der Waals surface area contributed by atoms with Crippen LogP contribution in [0.3, 0.4) is 0 Å². The molecule has 2 heterocycles. The van der Waals surface area contributed by atoms with Crippen LogP contribution in [0.4, 0.5) is 0 Å². The molecule has 0 aliphatic heterocycles. The number of hydrogen-bond acceptors (Lipinski definition) is 3. The SMILES string of the molecule is [2H]c1nc(-c2[c-]c(-c3cccc4c3nc(-c3cc(C(C)(C)C)cc(C(C)(C)C)c3O)n4-c3cc(-c4ccccc4)cc(C(C)(C)C)c3)cc(C(C)(C)C)c2)c([2H])c(-c2c([2H])c([2H])c([2H])c([2H])c2[2H])c1[2H].[Pt]. The topological polar surface area (TPSA) is 50.9 Å². The van der Waals surface area contributed by atoms with Crippen molar-refractivity contribution in [2.75, 3.05) is 0 Å². The van der Waals surface area contributed by atoms with Crippen molar-refractivity contribution in [3.63, 3.8) is 0 Å². The van der Waals surface area contributed by atoms with Crippen LogP contribution in [0, 0.1) is 6.07 Å². The molecule has 5 heteroatoms. The molecular formula is C58H60N3OPt-. The molecule has 0 saturated carbocycles. The molecule has 0 spiro atoms. The summed E-state index contributed by atoms with van der Waals surface area (Å²) in [7, 11) is 0. The minimum absolute atomic E-state index is 0. The first kappa shape index (κ1) is 35.8. The van der Waals surface area contributed by atoms with E-state index in [0.29, 0.717) is 33.6 Å². The summed E-state index contributed by atoms with van der Waals surface area (Å²) in [5.41, 5.74) is 8.28. The number of benzene rings is 6. The summed E-state index contributed by atoms with van der Waals surface area (Å²) in [6, 6.07) is 30.5. The number of aromatic hydroxyl groups is 1. The van der Waals surface area contributed by atoms with Crippen LogP contribution in [-0.2, 0) is 42.7 Å². The molecule has 0 radical (unpaired) electrons. The summed E-state index contributed by atoms with van der Waals surface area (Å²) in [4.78, 5) is 10.0. The van der Waals surface area contributed by atoms with Gasteiger partial charge in [-0.1, -0.05) is 185 Å². The molecule has 63 heavy (non-hydrogen) atoms. The first-order valence-electron chi connectivity index (χ1n) is 25.2. The Bertz CT molecular complexity index is 3380. The van der Waals surface area contributed by atoms with E-state index in [9.17, 15) is 6.48 Å². The van der Waals surface area contributed by atoms with Crippen LogP contribution in [0.2, 0.25) is 0 Å². The van der Waals surface area contributed by atoms with E-state index in [1.165, 1.54) is 0 Å². The summed E-state index contributed by atoms with van der Waals surface area (Å²) < 4.78 is 71.8. The van der Waals surface area contributed by atoms with Crippen LogP contribution in [0.25, 0.3) is 72.7 Å². The van der Waals surface area contributed by atoms with Gasteiger partial charge in [0.2, 0.25) is 0 Å². The fourth-order valence-electron chi connectivity index (χ4n) is 7.76. The molecule has 8 aromatic rings. The monoisotopic (exact) mass is 1020 g/mol. The molecule has 0 saturated heterocycles. The number of pyridine rings is 1. The Hall–Kier alpha value is -5.57. The first-order valence-corrected chi connectivity index (χ1v) is 21.2. The van der Waals surface area contributed by atoms with E-state index >= 15 is 0 Å². The number of para-hydroxylation sites is 1. The number of aromatic nitrogens is 3. The second-order valence-corrected chi connectivity index (χ2v) is 20.4. The van der Waals surface area contributed by atoms with Crippen LogP contribution in [0.1, 0.15) is 116 Å². The van der Waals surface area contributed by atoms with Crippen molar-refractivity contribution in [1.82, 2.24) is 14.5 Å². The Kier molecular flexibility index (Phi) is 9.59. The molecule has 0 unspecified atom stereocenters. The number of nitrogens with zero attached hydrogens (tertiary/aromatic N) is 3. The Morgan fingerprint density at radius 2 is 1.21 bits per heavy atom. The average molecular weight is 1020 g/mol. The van der Waals surface area contributed by atoms with E-state index in [1.54, 1.807) is 0 Å². The van der Waals surface area contributed by atoms with Crippen LogP contribution in [0.15, 0.2) is 139 Å². The standard InChI is InChI=1S/C58H60N3O.Pt/c1-55(2,3)43-30-41(28-42(31-43)50-33-39(26-27-59-50)37-20-15-13-16-21-37)47-24-19-25-51-52(47)60-54(48-35-45(57(7,8)9)36-49(53(48)62)58(10,11)12)61(51)46-32-40(38-22-17-14-18-23-38)29-44(34-46)56(4,5)6;/h13-27,29-36,62H,1-12H3;/q-1;/i13D,15D,16D,20D,21D,26D,27D,33D;. The van der Waals surface area contributed by atoms with Gasteiger partial charge in [-0.25, -0.2) is 4.98 Å². The summed E-state index contributed by atoms with van der Waals surface area (Å²) >= 11 is 0. The minimum Gasteiger partial charge on any atom is -0.507 e. The minimum atomic E-state index is -0.607. The fraction of sp³-hybridized carbons (Fsp3) is 0.276. The van der Waals surface area contributed by atoms with Gasteiger partial charge in [0, 0.05) is 44.2 Å². The fourth-order valence-corrected chi connectivity index (χ4v) is 7.76. The third-order valence-electron chi connectivity index (χ3n) is 11.5. The summed E-state index contributed by atoms with van der Waals surface area (Å²) in [5, 5.41) is 12.5. The van der Waals surface area contributed by atoms with Crippen molar-refractivity contribution in [2.24, 2.45) is 0 Å². The van der Waals surface area contributed by atoms with Crippen molar-refractivity contribution in [3.05, 3.63) is 168 Å². The van der Waals surface area contributed by atoms with Gasteiger partial charge in [-0.05, 0) is 85.3 Å². The maximum absolute atomic E-state index is 12.5. The molecule has 6 aromatic carbocycles. The zero-order valence-electron chi connectivity index (χ0n) is 46.3. The molecule has 4 nitrogen and oxygen atoms in total. The van der Waals surface area contributed by atoms with Crippen molar-refractivity contribution in [2.45, 2.75) is 105 Å². The largest absolute Gasteiger partial charge is 0.507 e. The molecule has 0 atom stereocenters. The van der Waals surface area contributed by atoms with Gasteiger partial charge in [0.05, 0.1) is 27.6 Å². The van der Waals surface area contributed by atoms with Crippen molar-refractivity contribution < 1.29 is 37.1 Å². The van der Waals surface area contributed by atoms with Crippen LogP contribution >= 0.6 is 0 Å². The molecule has 0 bridgehead atoms. The Morgan fingerprint density at radius 1 is 0.571 bits per heavy atom. The molecule has 1 N–H and O–H groups in total. The van der Waals surface area contributed by atoms with E-state index in [-0.39, 0.29) is 60.5 Å². The average Bonchev–Trinajstić information content (AvgIpc) is 3.68. The van der Waals surface area contributed by atoms with Gasteiger partial charge in [0.1, 0.15) is 11.6 Å². The van der Waals surface area contributed by atoms with Gasteiger partial charge in [-0.3, -0.25) is 9.55 Å². The number of hydrogen-bond donors (Lipinski definition) is 1. The second kappa shape index (κ2) is 16.9. The first-order chi connectivity index (χ1) is 32.5. The summed E-state index contributed by atoms with van der Waals surface area (Å²) in [6.07, 6.45) is -0.520. The Labute approximate surface area is 401 Å². The van der Waals surface area contributed by atoms with E-state index < -0.39 is 53.3 Å². The number of rotatable bonds is 6. The molecule has 2 aromatic heterocycles. The molecule has 0 aliphatic rings. The third kappa shape index (κ3) is 9.25. The normalized spacial score (nSPS) is 14.2. The van der Waals surface area contributed by atoms with Crippen LogP contribution in [-0.4, -0.2) is 19.6 Å².